The molecule has 1 aromatic rings. The molecule has 1 amide bonds. The molecule has 2 N–H and O–H groups in total. The van der Waals surface area contributed by atoms with Gasteiger partial charge in [-0.15, -0.1) is 10.2 Å². The maximum absolute atomic E-state index is 11.4. The summed E-state index contributed by atoms with van der Waals surface area (Å²) in [4.78, 5) is 11.4. The zero-order valence-electron chi connectivity index (χ0n) is 9.07. The highest BCUT2D eigenvalue weighted by Crippen LogP contribution is 2.06. The van der Waals surface area contributed by atoms with Gasteiger partial charge in [0.15, 0.2) is 0 Å². The molecule has 0 aliphatic rings. The van der Waals surface area contributed by atoms with Crippen molar-refractivity contribution in [3.05, 3.63) is 5.82 Å². The molecule has 7 heteroatoms. The molecule has 1 heterocycles. The van der Waals surface area contributed by atoms with Crippen LogP contribution in [0.4, 0.5) is 0 Å². The topological polar surface area (TPSA) is 92.8 Å². The van der Waals surface area contributed by atoms with E-state index in [0.29, 0.717) is 13.2 Å². The van der Waals surface area contributed by atoms with Gasteiger partial charge >= 0.3 is 0 Å². The smallest absolute Gasteiger partial charge is 0.292 e. The lowest BCUT2D eigenvalue weighted by molar-refractivity contribution is -0.00821. The third kappa shape index (κ3) is 3.62. The first-order valence-corrected chi connectivity index (χ1v) is 4.71. The maximum Gasteiger partial charge on any atom is 0.292 e. The number of amides is 1. The number of hydrogen-bond acceptors (Lipinski definition) is 5. The molecule has 7 nitrogen and oxygen atoms in total. The first-order valence-electron chi connectivity index (χ1n) is 4.71. The zero-order chi connectivity index (χ0) is 11.3. The van der Waals surface area contributed by atoms with Gasteiger partial charge in [-0.05, 0) is 26.0 Å². The van der Waals surface area contributed by atoms with Gasteiger partial charge in [0.05, 0.1) is 5.60 Å². The average Bonchev–Trinajstić information content (AvgIpc) is 2.67. The monoisotopic (exact) mass is 213 g/mol. The van der Waals surface area contributed by atoms with Crippen LogP contribution in [0.15, 0.2) is 0 Å². The first kappa shape index (κ1) is 11.6. The van der Waals surface area contributed by atoms with Gasteiger partial charge in [-0.2, -0.15) is 5.21 Å². The SMILES string of the molecule is CCOC(C)(C)CNC(=O)c1nn[nH]n1. The molecule has 0 bridgehead atoms. The van der Waals surface area contributed by atoms with E-state index in [1.54, 1.807) is 0 Å². The fraction of sp³-hybridized carbons (Fsp3) is 0.750. The Labute approximate surface area is 87.6 Å². The molecule has 0 saturated heterocycles. The van der Waals surface area contributed by atoms with Crippen molar-refractivity contribution >= 4 is 5.91 Å². The van der Waals surface area contributed by atoms with Crippen molar-refractivity contribution in [2.75, 3.05) is 13.2 Å². The van der Waals surface area contributed by atoms with Crippen LogP contribution >= 0.6 is 0 Å². The van der Waals surface area contributed by atoms with Crippen LogP contribution in [0.5, 0.6) is 0 Å². The van der Waals surface area contributed by atoms with Gasteiger partial charge in [0, 0.05) is 13.2 Å². The lowest BCUT2D eigenvalue weighted by Gasteiger charge is -2.24. The molecule has 84 valence electrons. The molecule has 15 heavy (non-hydrogen) atoms. The van der Waals surface area contributed by atoms with Gasteiger partial charge in [0.25, 0.3) is 11.7 Å². The molecule has 0 aliphatic heterocycles. The quantitative estimate of drug-likeness (QED) is 0.703. The van der Waals surface area contributed by atoms with Crippen molar-refractivity contribution < 1.29 is 9.53 Å². The van der Waals surface area contributed by atoms with Crippen LogP contribution in [0.1, 0.15) is 31.4 Å². The minimum absolute atomic E-state index is 0.0299. The van der Waals surface area contributed by atoms with Gasteiger partial charge in [-0.1, -0.05) is 0 Å². The van der Waals surface area contributed by atoms with Crippen LogP contribution < -0.4 is 5.32 Å². The highest BCUT2D eigenvalue weighted by atomic mass is 16.5. The van der Waals surface area contributed by atoms with E-state index >= 15 is 0 Å². The molecule has 1 aromatic heterocycles. The van der Waals surface area contributed by atoms with E-state index in [-0.39, 0.29) is 11.7 Å². The molecular weight excluding hydrogens is 198 g/mol. The third-order valence-electron chi connectivity index (χ3n) is 1.76. The Morgan fingerprint density at radius 2 is 2.33 bits per heavy atom. The van der Waals surface area contributed by atoms with Crippen molar-refractivity contribution in [2.24, 2.45) is 0 Å². The Morgan fingerprint density at radius 1 is 1.60 bits per heavy atom. The Balaban J connectivity index is 2.40. The number of hydrogen-bond donors (Lipinski definition) is 2. The van der Waals surface area contributed by atoms with E-state index < -0.39 is 5.60 Å². The predicted molar refractivity (Wildman–Crippen MR) is 52.2 cm³/mol. The number of nitrogens with zero attached hydrogens (tertiary/aromatic N) is 3. The highest BCUT2D eigenvalue weighted by Gasteiger charge is 2.20. The van der Waals surface area contributed by atoms with Crippen LogP contribution in [0, 0.1) is 0 Å². The fourth-order valence-corrected chi connectivity index (χ4v) is 1.07. The number of aromatic amines is 1. The Kier molecular flexibility index (Phi) is 3.73. The van der Waals surface area contributed by atoms with Crippen molar-refractivity contribution in [3.63, 3.8) is 0 Å². The average molecular weight is 213 g/mol. The van der Waals surface area contributed by atoms with E-state index in [1.165, 1.54) is 0 Å². The van der Waals surface area contributed by atoms with E-state index in [2.05, 4.69) is 25.9 Å². The highest BCUT2D eigenvalue weighted by molar-refractivity contribution is 5.90. The molecule has 0 radical (unpaired) electrons. The number of aromatic nitrogens is 4. The minimum Gasteiger partial charge on any atom is -0.374 e. The van der Waals surface area contributed by atoms with Crippen molar-refractivity contribution in [2.45, 2.75) is 26.4 Å². The van der Waals surface area contributed by atoms with Crippen LogP contribution in [0.2, 0.25) is 0 Å². The molecule has 0 unspecified atom stereocenters. The molecule has 1 rings (SSSR count). The number of nitrogens with one attached hydrogen (secondary N) is 2. The second-order valence-electron chi connectivity index (χ2n) is 3.61. The van der Waals surface area contributed by atoms with Crippen LogP contribution in [0.25, 0.3) is 0 Å². The Morgan fingerprint density at radius 3 is 2.87 bits per heavy atom. The van der Waals surface area contributed by atoms with Crippen LogP contribution in [0.3, 0.4) is 0 Å². The number of carbonyl (C=O) groups excluding carboxylic acids is 1. The normalized spacial score (nSPS) is 11.4. The van der Waals surface area contributed by atoms with Crippen molar-refractivity contribution in [1.82, 2.24) is 25.9 Å². The van der Waals surface area contributed by atoms with E-state index in [0.717, 1.165) is 0 Å². The van der Waals surface area contributed by atoms with Gasteiger partial charge in [0.1, 0.15) is 0 Å². The minimum atomic E-state index is -0.395. The second kappa shape index (κ2) is 4.83. The number of carbonyl (C=O) groups is 1. The lowest BCUT2D eigenvalue weighted by Crippen LogP contribution is -2.40. The largest absolute Gasteiger partial charge is 0.374 e. The fourth-order valence-electron chi connectivity index (χ4n) is 1.07. The van der Waals surface area contributed by atoms with Gasteiger partial charge in [0.2, 0.25) is 0 Å². The second-order valence-corrected chi connectivity index (χ2v) is 3.61. The summed E-state index contributed by atoms with van der Waals surface area (Å²) in [5.41, 5.74) is -0.395. The standard InChI is InChI=1S/C8H15N5O2/c1-4-15-8(2,3)5-9-7(14)6-10-12-13-11-6/h4-5H2,1-3H3,(H,9,14)(H,10,11,12,13). The maximum atomic E-state index is 11.4. The number of H-pyrrole nitrogens is 1. The summed E-state index contributed by atoms with van der Waals surface area (Å²) >= 11 is 0. The summed E-state index contributed by atoms with van der Waals surface area (Å²) in [5.74, 6) is -0.334. The molecule has 0 spiro atoms. The Bertz CT molecular complexity index is 309. The third-order valence-corrected chi connectivity index (χ3v) is 1.76. The summed E-state index contributed by atoms with van der Waals surface area (Å²) in [6.07, 6.45) is 0. The van der Waals surface area contributed by atoms with E-state index in [1.807, 2.05) is 20.8 Å². The van der Waals surface area contributed by atoms with E-state index in [4.69, 9.17) is 4.74 Å². The molecular formula is C8H15N5O2. The number of ether oxygens (including phenoxy) is 1. The summed E-state index contributed by atoms with van der Waals surface area (Å²) in [6.45, 7) is 6.70. The molecule has 0 saturated carbocycles. The van der Waals surface area contributed by atoms with Gasteiger partial charge in [-0.25, -0.2) is 0 Å². The van der Waals surface area contributed by atoms with Crippen molar-refractivity contribution in [3.8, 4) is 0 Å². The summed E-state index contributed by atoms with van der Waals surface area (Å²) in [7, 11) is 0. The summed E-state index contributed by atoms with van der Waals surface area (Å²) in [6, 6.07) is 0. The van der Waals surface area contributed by atoms with Crippen LogP contribution in [-0.2, 0) is 4.74 Å². The number of rotatable bonds is 5. The molecule has 0 atom stereocenters. The summed E-state index contributed by atoms with van der Waals surface area (Å²) in [5, 5.41) is 15.3. The van der Waals surface area contributed by atoms with Crippen molar-refractivity contribution in [1.29, 1.82) is 0 Å². The predicted octanol–water partition coefficient (Wildman–Crippen LogP) is -0.255. The zero-order valence-corrected chi connectivity index (χ0v) is 9.07. The molecule has 0 aromatic carbocycles. The number of tetrazole rings is 1. The van der Waals surface area contributed by atoms with E-state index in [9.17, 15) is 4.79 Å². The van der Waals surface area contributed by atoms with Crippen LogP contribution in [-0.4, -0.2) is 45.3 Å². The summed E-state index contributed by atoms with van der Waals surface area (Å²) < 4.78 is 5.42. The van der Waals surface area contributed by atoms with Gasteiger partial charge < -0.3 is 10.1 Å². The first-order chi connectivity index (χ1) is 7.05. The Hall–Kier alpha value is -1.50. The lowest BCUT2D eigenvalue weighted by atomic mass is 10.1. The molecule has 0 fully saturated rings. The van der Waals surface area contributed by atoms with Gasteiger partial charge in [-0.3, -0.25) is 4.79 Å². The molecule has 0 aliphatic carbocycles.